The molecule has 3 rings (SSSR count). The first-order valence-electron chi connectivity index (χ1n) is 9.65. The summed E-state index contributed by atoms with van der Waals surface area (Å²) >= 11 is 0. The third-order valence-corrected chi connectivity index (χ3v) is 4.85. The summed E-state index contributed by atoms with van der Waals surface area (Å²) in [5, 5.41) is 5.68. The first kappa shape index (κ1) is 21.8. The molecule has 0 atom stereocenters. The van der Waals surface area contributed by atoms with Gasteiger partial charge < -0.3 is 19.9 Å². The zero-order valence-electron chi connectivity index (χ0n) is 17.9. The van der Waals surface area contributed by atoms with Crippen molar-refractivity contribution < 1.29 is 13.9 Å². The van der Waals surface area contributed by atoms with Crippen molar-refractivity contribution in [1.82, 2.24) is 4.57 Å². The molecule has 1 heterocycles. The highest BCUT2D eigenvalue weighted by molar-refractivity contribution is 6.02. The normalized spacial score (nSPS) is 10.5. The predicted molar refractivity (Wildman–Crippen MR) is 121 cm³/mol. The van der Waals surface area contributed by atoms with Gasteiger partial charge in [-0.15, -0.1) is 0 Å². The van der Waals surface area contributed by atoms with Crippen molar-refractivity contribution in [2.45, 2.75) is 13.8 Å². The van der Waals surface area contributed by atoms with E-state index < -0.39 is 0 Å². The number of halogens is 1. The number of rotatable bonds is 6. The van der Waals surface area contributed by atoms with Crippen molar-refractivity contribution in [3.63, 3.8) is 0 Å². The first-order chi connectivity index (χ1) is 14.7. The standard InChI is InChI=1S/C24H24FN3O3/c1-6-21(29)27-18-8-7-9-20(31-23-14(2)10-17(25)11-15(23)3)22(18)16-12-19(26-4)24(30)28(5)13-16/h6-13,26H,1H2,2-5H3,(H,27,29). The van der Waals surface area contributed by atoms with E-state index in [2.05, 4.69) is 17.2 Å². The van der Waals surface area contributed by atoms with E-state index in [9.17, 15) is 14.0 Å². The fraction of sp³-hybridized carbons (Fsp3) is 0.167. The van der Waals surface area contributed by atoms with Crippen LogP contribution in [0, 0.1) is 19.7 Å². The molecule has 31 heavy (non-hydrogen) atoms. The van der Waals surface area contributed by atoms with Crippen LogP contribution in [-0.2, 0) is 11.8 Å². The lowest BCUT2D eigenvalue weighted by Gasteiger charge is -2.19. The highest BCUT2D eigenvalue weighted by Crippen LogP contribution is 2.41. The molecular formula is C24H24FN3O3. The van der Waals surface area contributed by atoms with E-state index in [1.807, 2.05) is 0 Å². The van der Waals surface area contributed by atoms with Crippen LogP contribution in [0.3, 0.4) is 0 Å². The van der Waals surface area contributed by atoms with Gasteiger partial charge in [0.2, 0.25) is 5.91 Å². The molecule has 0 bridgehead atoms. The third-order valence-electron chi connectivity index (χ3n) is 4.85. The van der Waals surface area contributed by atoms with Gasteiger partial charge in [0, 0.05) is 31.4 Å². The van der Waals surface area contributed by atoms with E-state index in [4.69, 9.17) is 4.74 Å². The molecule has 7 heteroatoms. The molecule has 160 valence electrons. The summed E-state index contributed by atoms with van der Waals surface area (Å²) in [6.07, 6.45) is 2.84. The van der Waals surface area contributed by atoms with Crippen molar-refractivity contribution in [2.75, 3.05) is 17.7 Å². The van der Waals surface area contributed by atoms with Crippen LogP contribution in [0.2, 0.25) is 0 Å². The van der Waals surface area contributed by atoms with Crippen molar-refractivity contribution in [1.29, 1.82) is 0 Å². The van der Waals surface area contributed by atoms with Gasteiger partial charge in [0.15, 0.2) is 0 Å². The molecule has 0 saturated heterocycles. The molecule has 0 aliphatic carbocycles. The van der Waals surface area contributed by atoms with Gasteiger partial charge in [-0.05, 0) is 61.4 Å². The average Bonchev–Trinajstić information content (AvgIpc) is 2.72. The third kappa shape index (κ3) is 4.50. The Labute approximate surface area is 180 Å². The lowest BCUT2D eigenvalue weighted by molar-refractivity contribution is -0.111. The fourth-order valence-corrected chi connectivity index (χ4v) is 3.40. The summed E-state index contributed by atoms with van der Waals surface area (Å²) in [6.45, 7) is 7.03. The van der Waals surface area contributed by atoms with Crippen molar-refractivity contribution >= 4 is 17.3 Å². The summed E-state index contributed by atoms with van der Waals surface area (Å²) < 4.78 is 21.4. The molecule has 6 nitrogen and oxygen atoms in total. The van der Waals surface area contributed by atoms with Gasteiger partial charge in [-0.1, -0.05) is 12.6 Å². The van der Waals surface area contributed by atoms with E-state index in [1.54, 1.807) is 58.4 Å². The van der Waals surface area contributed by atoms with Crippen LogP contribution in [0.15, 0.2) is 60.0 Å². The highest BCUT2D eigenvalue weighted by atomic mass is 19.1. The molecule has 0 fully saturated rings. The van der Waals surface area contributed by atoms with Crippen LogP contribution in [0.1, 0.15) is 11.1 Å². The second-order valence-electron chi connectivity index (χ2n) is 7.15. The van der Waals surface area contributed by atoms with Gasteiger partial charge in [-0.3, -0.25) is 9.59 Å². The van der Waals surface area contributed by atoms with Crippen molar-refractivity contribution in [3.8, 4) is 22.6 Å². The molecule has 3 aromatic rings. The number of hydrogen-bond donors (Lipinski definition) is 2. The number of amides is 1. The SMILES string of the molecule is C=CC(=O)Nc1cccc(Oc2c(C)cc(F)cc2C)c1-c1cc(NC)c(=O)n(C)c1. The van der Waals surface area contributed by atoms with Crippen LogP contribution >= 0.6 is 0 Å². The summed E-state index contributed by atoms with van der Waals surface area (Å²) in [7, 11) is 3.31. The number of nitrogens with one attached hydrogen (secondary N) is 2. The minimum absolute atomic E-state index is 0.188. The Kier molecular flexibility index (Phi) is 6.25. The minimum Gasteiger partial charge on any atom is -0.456 e. The quantitative estimate of drug-likeness (QED) is 0.563. The van der Waals surface area contributed by atoms with E-state index in [1.165, 1.54) is 22.8 Å². The Morgan fingerprint density at radius 3 is 2.45 bits per heavy atom. The molecule has 0 unspecified atom stereocenters. The Morgan fingerprint density at radius 1 is 1.16 bits per heavy atom. The highest BCUT2D eigenvalue weighted by Gasteiger charge is 2.18. The summed E-state index contributed by atoms with van der Waals surface area (Å²) in [5.41, 5.74) is 3.20. The van der Waals surface area contributed by atoms with E-state index >= 15 is 0 Å². The topological polar surface area (TPSA) is 72.4 Å². The lowest BCUT2D eigenvalue weighted by atomic mass is 10.0. The molecule has 2 aromatic carbocycles. The van der Waals surface area contributed by atoms with Gasteiger partial charge >= 0.3 is 0 Å². The number of hydrogen-bond acceptors (Lipinski definition) is 4. The molecule has 0 radical (unpaired) electrons. The van der Waals surface area contributed by atoms with Crippen LogP contribution in [0.4, 0.5) is 15.8 Å². The Morgan fingerprint density at radius 2 is 1.84 bits per heavy atom. The van der Waals surface area contributed by atoms with E-state index in [-0.39, 0.29) is 17.3 Å². The number of anilines is 2. The average molecular weight is 421 g/mol. The summed E-state index contributed by atoms with van der Waals surface area (Å²) in [6, 6.07) is 9.72. The van der Waals surface area contributed by atoms with E-state index in [0.29, 0.717) is 45.1 Å². The Hall–Kier alpha value is -3.87. The number of carbonyl (C=O) groups excluding carboxylic acids is 1. The molecule has 0 aliphatic rings. The largest absolute Gasteiger partial charge is 0.456 e. The van der Waals surface area contributed by atoms with Crippen molar-refractivity contribution in [2.24, 2.45) is 7.05 Å². The molecule has 0 aliphatic heterocycles. The van der Waals surface area contributed by atoms with E-state index in [0.717, 1.165) is 0 Å². The van der Waals surface area contributed by atoms with Gasteiger partial charge in [0.1, 0.15) is 23.0 Å². The Balaban J connectivity index is 2.25. The van der Waals surface area contributed by atoms with Crippen molar-refractivity contribution in [3.05, 3.63) is 82.5 Å². The second kappa shape index (κ2) is 8.87. The molecule has 2 N–H and O–H groups in total. The van der Waals surface area contributed by atoms with Gasteiger partial charge in [-0.25, -0.2) is 4.39 Å². The van der Waals surface area contributed by atoms with Crippen LogP contribution in [-0.4, -0.2) is 17.5 Å². The summed E-state index contributed by atoms with van der Waals surface area (Å²) in [5.74, 6) is 0.242. The molecule has 0 spiro atoms. The number of nitrogens with zero attached hydrogens (tertiary/aromatic N) is 1. The fourth-order valence-electron chi connectivity index (χ4n) is 3.40. The van der Waals surface area contributed by atoms with Gasteiger partial charge in [0.05, 0.1) is 5.69 Å². The van der Waals surface area contributed by atoms with Crippen LogP contribution < -0.4 is 20.9 Å². The second-order valence-corrected chi connectivity index (χ2v) is 7.15. The molecule has 1 amide bonds. The number of pyridine rings is 1. The monoisotopic (exact) mass is 421 g/mol. The number of aromatic nitrogens is 1. The number of benzene rings is 2. The lowest BCUT2D eigenvalue weighted by Crippen LogP contribution is -2.19. The zero-order chi connectivity index (χ0) is 22.7. The number of carbonyl (C=O) groups is 1. The van der Waals surface area contributed by atoms with Crippen LogP contribution in [0.5, 0.6) is 11.5 Å². The number of ether oxygens (including phenoxy) is 1. The molecule has 1 aromatic heterocycles. The van der Waals surface area contributed by atoms with Gasteiger partial charge in [0.25, 0.3) is 5.56 Å². The molecular weight excluding hydrogens is 397 g/mol. The minimum atomic E-state index is -0.383. The predicted octanol–water partition coefficient (Wildman–Crippen LogP) is 4.77. The first-order valence-corrected chi connectivity index (χ1v) is 9.65. The molecule has 0 saturated carbocycles. The van der Waals surface area contributed by atoms with Gasteiger partial charge in [-0.2, -0.15) is 0 Å². The number of aryl methyl sites for hydroxylation is 3. The smallest absolute Gasteiger partial charge is 0.273 e. The maximum Gasteiger partial charge on any atom is 0.273 e. The maximum absolute atomic E-state index is 13.8. The van der Waals surface area contributed by atoms with Crippen LogP contribution in [0.25, 0.3) is 11.1 Å². The zero-order valence-corrected chi connectivity index (χ0v) is 17.9. The summed E-state index contributed by atoms with van der Waals surface area (Å²) in [4.78, 5) is 24.4. The maximum atomic E-state index is 13.8. The Bertz CT molecular complexity index is 1210.